The lowest BCUT2D eigenvalue weighted by molar-refractivity contribution is 1.31. The van der Waals surface area contributed by atoms with Crippen molar-refractivity contribution in [2.75, 3.05) is 5.73 Å². The number of anilines is 1. The van der Waals surface area contributed by atoms with Crippen molar-refractivity contribution in [2.45, 2.75) is 6.92 Å². The van der Waals surface area contributed by atoms with Gasteiger partial charge >= 0.3 is 0 Å². The average Bonchev–Trinajstić information content (AvgIpc) is 2.76. The molecule has 96 valence electrons. The Balaban J connectivity index is 2.26. The van der Waals surface area contributed by atoms with Crippen LogP contribution in [0.15, 0.2) is 39.3 Å². The molecule has 0 unspecified atom stereocenters. The van der Waals surface area contributed by atoms with Gasteiger partial charge in [0.05, 0.1) is 5.52 Å². The van der Waals surface area contributed by atoms with Crippen molar-refractivity contribution in [1.29, 1.82) is 0 Å². The number of H-pyrrole nitrogens is 1. The Hall–Kier alpha value is -1.33. The smallest absolute Gasteiger partial charge is 0.138 e. The van der Waals surface area contributed by atoms with Crippen molar-refractivity contribution in [3.8, 4) is 11.4 Å². The van der Waals surface area contributed by atoms with E-state index in [0.29, 0.717) is 0 Å². The molecule has 0 saturated carbocycles. The summed E-state index contributed by atoms with van der Waals surface area (Å²) >= 11 is 7.01. The number of benzene rings is 2. The standard InChI is InChI=1S/C14H11Br2N3/c1-7-9(3-2-4-11(7)17)14-18-12-6-8(15)5-10(16)13(12)19-14/h2-6H,17H2,1H3,(H,18,19). The lowest BCUT2D eigenvalue weighted by Gasteiger charge is -2.04. The van der Waals surface area contributed by atoms with Crippen LogP contribution < -0.4 is 5.73 Å². The number of imidazole rings is 1. The second-order valence-electron chi connectivity index (χ2n) is 4.39. The highest BCUT2D eigenvalue weighted by Crippen LogP contribution is 2.31. The lowest BCUT2D eigenvalue weighted by atomic mass is 10.1. The number of fused-ring (bicyclic) bond motifs is 1. The Morgan fingerprint density at radius 3 is 2.79 bits per heavy atom. The molecular formula is C14H11Br2N3. The first kappa shape index (κ1) is 12.7. The average molecular weight is 381 g/mol. The maximum atomic E-state index is 5.95. The minimum Gasteiger partial charge on any atom is -0.398 e. The Kier molecular flexibility index (Phi) is 3.11. The number of nitrogens with two attached hydrogens (primary N) is 1. The summed E-state index contributed by atoms with van der Waals surface area (Å²) in [6.45, 7) is 2.00. The van der Waals surface area contributed by atoms with Crippen LogP contribution in [-0.2, 0) is 0 Å². The van der Waals surface area contributed by atoms with Crippen LogP contribution in [0.4, 0.5) is 5.69 Å². The number of aromatic nitrogens is 2. The zero-order valence-electron chi connectivity index (χ0n) is 10.2. The minimum atomic E-state index is 0.776. The predicted molar refractivity (Wildman–Crippen MR) is 86.1 cm³/mol. The normalized spacial score (nSPS) is 11.1. The van der Waals surface area contributed by atoms with Crippen LogP contribution in [0.2, 0.25) is 0 Å². The van der Waals surface area contributed by atoms with Gasteiger partial charge in [-0.3, -0.25) is 0 Å². The maximum Gasteiger partial charge on any atom is 0.138 e. The van der Waals surface area contributed by atoms with Crippen LogP contribution in [0, 0.1) is 6.92 Å². The van der Waals surface area contributed by atoms with E-state index in [-0.39, 0.29) is 0 Å². The van der Waals surface area contributed by atoms with Crippen molar-refractivity contribution < 1.29 is 0 Å². The molecule has 0 atom stereocenters. The summed E-state index contributed by atoms with van der Waals surface area (Å²) in [6, 6.07) is 9.85. The molecule has 0 aliphatic carbocycles. The van der Waals surface area contributed by atoms with E-state index in [0.717, 1.165) is 42.6 Å². The highest BCUT2D eigenvalue weighted by molar-refractivity contribution is 9.11. The summed E-state index contributed by atoms with van der Waals surface area (Å²) < 4.78 is 1.97. The molecule has 3 rings (SSSR count). The summed E-state index contributed by atoms with van der Waals surface area (Å²) in [5.41, 5.74) is 10.7. The fourth-order valence-electron chi connectivity index (χ4n) is 2.08. The second-order valence-corrected chi connectivity index (χ2v) is 6.16. The van der Waals surface area contributed by atoms with E-state index in [1.165, 1.54) is 0 Å². The summed E-state index contributed by atoms with van der Waals surface area (Å²) in [5, 5.41) is 0. The first-order valence-corrected chi connectivity index (χ1v) is 7.35. The molecule has 3 nitrogen and oxygen atoms in total. The molecule has 3 aromatic rings. The maximum absolute atomic E-state index is 5.95. The van der Waals surface area contributed by atoms with Gasteiger partial charge in [0.25, 0.3) is 0 Å². The minimum absolute atomic E-state index is 0.776. The van der Waals surface area contributed by atoms with Gasteiger partial charge in [0.15, 0.2) is 0 Å². The Bertz CT molecular complexity index is 778. The monoisotopic (exact) mass is 379 g/mol. The van der Waals surface area contributed by atoms with Crippen molar-refractivity contribution in [2.24, 2.45) is 0 Å². The number of hydrogen-bond donors (Lipinski definition) is 2. The molecule has 0 aliphatic rings. The number of hydrogen-bond acceptors (Lipinski definition) is 2. The third-order valence-electron chi connectivity index (χ3n) is 3.14. The SMILES string of the molecule is Cc1c(N)cccc1-c1nc2c(Br)cc(Br)cc2[nH]1. The molecule has 1 aromatic heterocycles. The van der Waals surface area contributed by atoms with E-state index in [1.807, 2.05) is 37.3 Å². The summed E-state index contributed by atoms with van der Waals surface area (Å²) in [6.07, 6.45) is 0. The van der Waals surface area contributed by atoms with E-state index < -0.39 is 0 Å². The fourth-order valence-corrected chi connectivity index (χ4v) is 3.39. The largest absolute Gasteiger partial charge is 0.398 e. The van der Waals surface area contributed by atoms with Gasteiger partial charge in [-0.1, -0.05) is 28.1 Å². The van der Waals surface area contributed by atoms with Gasteiger partial charge in [0.1, 0.15) is 11.3 Å². The molecule has 0 spiro atoms. The molecular weight excluding hydrogens is 370 g/mol. The van der Waals surface area contributed by atoms with Crippen LogP contribution in [0.5, 0.6) is 0 Å². The number of nitrogen functional groups attached to an aromatic ring is 1. The van der Waals surface area contributed by atoms with Crippen molar-refractivity contribution in [3.05, 3.63) is 44.8 Å². The zero-order chi connectivity index (χ0) is 13.6. The van der Waals surface area contributed by atoms with Gasteiger partial charge in [-0.2, -0.15) is 0 Å². The zero-order valence-corrected chi connectivity index (χ0v) is 13.3. The van der Waals surface area contributed by atoms with Gasteiger partial charge in [-0.25, -0.2) is 4.98 Å². The van der Waals surface area contributed by atoms with Crippen LogP contribution >= 0.6 is 31.9 Å². The van der Waals surface area contributed by atoms with Crippen LogP contribution in [0.25, 0.3) is 22.4 Å². The molecule has 19 heavy (non-hydrogen) atoms. The molecule has 5 heteroatoms. The van der Waals surface area contributed by atoms with E-state index in [1.54, 1.807) is 0 Å². The first-order valence-electron chi connectivity index (χ1n) is 5.76. The molecule has 0 aliphatic heterocycles. The number of aromatic amines is 1. The topological polar surface area (TPSA) is 54.7 Å². The van der Waals surface area contributed by atoms with E-state index in [9.17, 15) is 0 Å². The van der Waals surface area contributed by atoms with E-state index in [4.69, 9.17) is 5.73 Å². The van der Waals surface area contributed by atoms with Crippen molar-refractivity contribution >= 4 is 48.6 Å². The van der Waals surface area contributed by atoms with Gasteiger partial charge in [-0.05, 0) is 46.6 Å². The molecule has 3 N–H and O–H groups in total. The molecule has 1 heterocycles. The van der Waals surface area contributed by atoms with Gasteiger partial charge < -0.3 is 10.7 Å². The van der Waals surface area contributed by atoms with Gasteiger partial charge in [-0.15, -0.1) is 0 Å². The third-order valence-corrected chi connectivity index (χ3v) is 4.20. The van der Waals surface area contributed by atoms with Gasteiger partial charge in [0.2, 0.25) is 0 Å². The first-order chi connectivity index (χ1) is 9.06. The van der Waals surface area contributed by atoms with Crippen molar-refractivity contribution in [1.82, 2.24) is 9.97 Å². The summed E-state index contributed by atoms with van der Waals surface area (Å²) in [7, 11) is 0. The van der Waals surface area contributed by atoms with Crippen LogP contribution in [0.3, 0.4) is 0 Å². The molecule has 0 saturated heterocycles. The number of rotatable bonds is 1. The summed E-state index contributed by atoms with van der Waals surface area (Å²) in [5.74, 6) is 0.832. The van der Waals surface area contributed by atoms with Gasteiger partial charge in [0, 0.05) is 20.2 Å². The van der Waals surface area contributed by atoms with Crippen LogP contribution in [0.1, 0.15) is 5.56 Å². The predicted octanol–water partition coefficient (Wildman–Crippen LogP) is 4.65. The molecule has 0 radical (unpaired) electrons. The highest BCUT2D eigenvalue weighted by atomic mass is 79.9. The molecule has 0 bridgehead atoms. The van der Waals surface area contributed by atoms with E-state index in [2.05, 4.69) is 41.8 Å². The number of halogens is 2. The molecule has 0 fully saturated rings. The van der Waals surface area contributed by atoms with E-state index >= 15 is 0 Å². The summed E-state index contributed by atoms with van der Waals surface area (Å²) in [4.78, 5) is 7.98. The third kappa shape index (κ3) is 2.17. The lowest BCUT2D eigenvalue weighted by Crippen LogP contribution is -1.92. The Morgan fingerprint density at radius 1 is 1.21 bits per heavy atom. The number of nitrogens with one attached hydrogen (secondary N) is 1. The molecule has 2 aromatic carbocycles. The second kappa shape index (κ2) is 4.65. The Labute approximate surface area is 127 Å². The Morgan fingerprint density at radius 2 is 2.00 bits per heavy atom. The fraction of sp³-hybridized carbons (Fsp3) is 0.0714. The highest BCUT2D eigenvalue weighted by Gasteiger charge is 2.11. The van der Waals surface area contributed by atoms with Crippen molar-refractivity contribution in [3.63, 3.8) is 0 Å². The molecule has 0 amide bonds. The quantitative estimate of drug-likeness (QED) is 0.604. The number of nitrogens with zero attached hydrogens (tertiary/aromatic N) is 1. The van der Waals surface area contributed by atoms with Crippen LogP contribution in [-0.4, -0.2) is 9.97 Å².